The summed E-state index contributed by atoms with van der Waals surface area (Å²) in [6.45, 7) is 2.54. The van der Waals surface area contributed by atoms with Crippen LogP contribution >= 0.6 is 34.8 Å². The van der Waals surface area contributed by atoms with Gasteiger partial charge in [0.1, 0.15) is 5.10 Å². The van der Waals surface area contributed by atoms with Crippen molar-refractivity contribution in [3.05, 3.63) is 15.8 Å². The van der Waals surface area contributed by atoms with Gasteiger partial charge in [0.15, 0.2) is 5.69 Å². The first-order valence-electron chi connectivity index (χ1n) is 5.53. The molecule has 1 aromatic rings. The Morgan fingerprint density at radius 3 is 2.50 bits per heavy atom. The number of aromatic nitrogens is 3. The Balaban J connectivity index is 2.88. The Labute approximate surface area is 119 Å². The van der Waals surface area contributed by atoms with E-state index < -0.39 is 14.5 Å². The van der Waals surface area contributed by atoms with Crippen LogP contribution in [0.4, 0.5) is 5.82 Å². The highest BCUT2D eigenvalue weighted by molar-refractivity contribution is 6.66. The van der Waals surface area contributed by atoms with Gasteiger partial charge in [0, 0.05) is 6.54 Å². The minimum Gasteiger partial charge on any atom is -0.358 e. The lowest BCUT2D eigenvalue weighted by molar-refractivity contribution is -0.390. The quantitative estimate of drug-likeness (QED) is 0.348. The van der Waals surface area contributed by atoms with Crippen LogP contribution in [-0.2, 0) is 10.3 Å². The normalized spacial score (nSPS) is 11.8. The highest BCUT2D eigenvalue weighted by Crippen LogP contribution is 2.41. The Morgan fingerprint density at radius 2 is 2.00 bits per heavy atom. The molecule has 0 fully saturated rings. The van der Waals surface area contributed by atoms with Gasteiger partial charge in [-0.3, -0.25) is 0 Å². The molecule has 1 aromatic heterocycles. The molecule has 0 saturated carbocycles. The van der Waals surface area contributed by atoms with Gasteiger partial charge in [-0.2, -0.15) is 0 Å². The van der Waals surface area contributed by atoms with Crippen molar-refractivity contribution < 1.29 is 4.92 Å². The summed E-state index contributed by atoms with van der Waals surface area (Å²) in [6, 6.07) is 0. The van der Waals surface area contributed by atoms with Gasteiger partial charge < -0.3 is 10.1 Å². The minimum atomic E-state index is -1.91. The fraction of sp³-hybridized carbons (Fsp3) is 0.778. The van der Waals surface area contributed by atoms with E-state index in [0.717, 1.165) is 25.7 Å². The topological polar surface area (TPSA) is 73.8 Å². The van der Waals surface area contributed by atoms with Gasteiger partial charge in [0.2, 0.25) is 3.79 Å². The summed E-state index contributed by atoms with van der Waals surface area (Å²) >= 11 is 17.2. The van der Waals surface area contributed by atoms with E-state index in [0.29, 0.717) is 6.54 Å². The third kappa shape index (κ3) is 3.96. The molecule has 0 aromatic carbocycles. The van der Waals surface area contributed by atoms with Crippen molar-refractivity contribution in [1.29, 1.82) is 0 Å². The van der Waals surface area contributed by atoms with Gasteiger partial charge in [0.25, 0.3) is 0 Å². The zero-order valence-corrected chi connectivity index (χ0v) is 12.0. The maximum atomic E-state index is 10.8. The molecule has 0 aliphatic rings. The van der Waals surface area contributed by atoms with Crippen LogP contribution in [0, 0.1) is 10.1 Å². The third-order valence-corrected chi connectivity index (χ3v) is 2.92. The monoisotopic (exact) mass is 314 g/mol. The number of aryl methyl sites for hydroxylation is 1. The molecule has 0 bridgehead atoms. The van der Waals surface area contributed by atoms with Crippen LogP contribution in [0.5, 0.6) is 0 Å². The van der Waals surface area contributed by atoms with E-state index in [1.165, 1.54) is 4.68 Å². The maximum Gasteiger partial charge on any atom is 0.418 e. The second-order valence-corrected chi connectivity index (χ2v) is 6.08. The second kappa shape index (κ2) is 6.54. The summed E-state index contributed by atoms with van der Waals surface area (Å²) in [5, 5.41) is 17.9. The van der Waals surface area contributed by atoms with Crippen LogP contribution in [0.15, 0.2) is 0 Å². The average molecular weight is 316 g/mol. The van der Waals surface area contributed by atoms with Crippen molar-refractivity contribution in [3.63, 3.8) is 0 Å². The lowest BCUT2D eigenvalue weighted by Crippen LogP contribution is -2.14. The van der Waals surface area contributed by atoms with Gasteiger partial charge in [-0.1, -0.05) is 61.0 Å². The molecule has 0 spiro atoms. The first kappa shape index (κ1) is 15.5. The van der Waals surface area contributed by atoms with E-state index in [-0.39, 0.29) is 5.69 Å². The second-order valence-electron chi connectivity index (χ2n) is 3.80. The summed E-state index contributed by atoms with van der Waals surface area (Å²) in [4.78, 5) is 10.1. The van der Waals surface area contributed by atoms with Crippen LogP contribution in [0.25, 0.3) is 0 Å². The highest BCUT2D eigenvalue weighted by atomic mass is 35.6. The van der Waals surface area contributed by atoms with Gasteiger partial charge in [0.05, 0.1) is 5.21 Å². The standard InChI is InChI=1S/C9H13Cl3N4O2/c1-2-3-4-5-6-15-7(9(10,11)12)8(13-14-15)16(17)18/h2-6H2,1H3. The number of rotatable bonds is 6. The van der Waals surface area contributed by atoms with E-state index >= 15 is 0 Å². The molecule has 0 unspecified atom stereocenters. The Morgan fingerprint density at radius 1 is 1.33 bits per heavy atom. The first-order valence-corrected chi connectivity index (χ1v) is 6.66. The van der Waals surface area contributed by atoms with Gasteiger partial charge >= 0.3 is 5.82 Å². The maximum absolute atomic E-state index is 10.8. The van der Waals surface area contributed by atoms with E-state index in [1.807, 2.05) is 0 Å². The van der Waals surface area contributed by atoms with Crippen LogP contribution in [-0.4, -0.2) is 19.9 Å². The predicted molar refractivity (Wildman–Crippen MR) is 70.1 cm³/mol. The minimum absolute atomic E-state index is 0.0889. The molecular formula is C9H13Cl3N4O2. The molecule has 9 heteroatoms. The molecule has 0 saturated heterocycles. The predicted octanol–water partition coefficient (Wildman–Crippen LogP) is 3.59. The van der Waals surface area contributed by atoms with Crippen molar-refractivity contribution in [2.45, 2.75) is 42.9 Å². The first-order chi connectivity index (χ1) is 8.38. The van der Waals surface area contributed by atoms with Crippen LogP contribution in [0.1, 0.15) is 38.3 Å². The molecule has 1 rings (SSSR count). The van der Waals surface area contributed by atoms with Crippen LogP contribution in [0.2, 0.25) is 0 Å². The van der Waals surface area contributed by atoms with Gasteiger partial charge in [-0.25, -0.2) is 4.68 Å². The molecule has 18 heavy (non-hydrogen) atoms. The number of unbranched alkanes of at least 4 members (excludes halogenated alkanes) is 3. The summed E-state index contributed by atoms with van der Waals surface area (Å²) in [5.41, 5.74) is -0.0889. The number of hydrogen-bond acceptors (Lipinski definition) is 4. The zero-order chi connectivity index (χ0) is 13.8. The largest absolute Gasteiger partial charge is 0.418 e. The van der Waals surface area contributed by atoms with Crippen molar-refractivity contribution in [1.82, 2.24) is 15.0 Å². The van der Waals surface area contributed by atoms with Crippen molar-refractivity contribution >= 4 is 40.6 Å². The molecule has 0 radical (unpaired) electrons. The number of nitrogens with zero attached hydrogens (tertiary/aromatic N) is 4. The molecule has 0 N–H and O–H groups in total. The van der Waals surface area contributed by atoms with E-state index in [1.54, 1.807) is 0 Å². The zero-order valence-electron chi connectivity index (χ0n) is 9.77. The van der Waals surface area contributed by atoms with Crippen LogP contribution in [0.3, 0.4) is 0 Å². The summed E-state index contributed by atoms with van der Waals surface area (Å²) < 4.78 is -0.614. The third-order valence-electron chi connectivity index (χ3n) is 2.38. The molecule has 1 heterocycles. The van der Waals surface area contributed by atoms with E-state index in [2.05, 4.69) is 17.2 Å². The molecular weight excluding hydrogens is 302 g/mol. The molecule has 0 atom stereocenters. The van der Waals surface area contributed by atoms with E-state index in [4.69, 9.17) is 34.8 Å². The molecule has 0 aliphatic heterocycles. The Bertz CT molecular complexity index is 416. The summed E-state index contributed by atoms with van der Waals surface area (Å²) in [7, 11) is 0. The smallest absolute Gasteiger partial charge is 0.358 e. The molecule has 6 nitrogen and oxygen atoms in total. The number of hydrogen-bond donors (Lipinski definition) is 0. The highest BCUT2D eigenvalue weighted by Gasteiger charge is 2.39. The van der Waals surface area contributed by atoms with Gasteiger partial charge in [-0.15, -0.1) is 0 Å². The SMILES string of the molecule is CCCCCCn1nnc([N+](=O)[O-])c1C(Cl)(Cl)Cl. The number of halogens is 3. The molecule has 0 amide bonds. The van der Waals surface area contributed by atoms with Crippen molar-refractivity contribution in [2.24, 2.45) is 0 Å². The van der Waals surface area contributed by atoms with Crippen molar-refractivity contribution in [3.8, 4) is 0 Å². The van der Waals surface area contributed by atoms with E-state index in [9.17, 15) is 10.1 Å². The summed E-state index contributed by atoms with van der Waals surface area (Å²) in [5.74, 6) is -0.509. The van der Waals surface area contributed by atoms with Crippen LogP contribution < -0.4 is 0 Å². The lowest BCUT2D eigenvalue weighted by atomic mass is 10.2. The van der Waals surface area contributed by atoms with Crippen molar-refractivity contribution in [2.75, 3.05) is 0 Å². The fourth-order valence-electron chi connectivity index (χ4n) is 1.54. The molecule has 0 aliphatic carbocycles. The molecule has 102 valence electrons. The Kier molecular flexibility index (Phi) is 5.62. The Hall–Kier alpha value is -0.590. The summed E-state index contributed by atoms with van der Waals surface area (Å²) in [6.07, 6.45) is 3.97. The average Bonchev–Trinajstić information content (AvgIpc) is 2.68. The van der Waals surface area contributed by atoms with Gasteiger partial charge in [-0.05, 0) is 11.3 Å². The lowest BCUT2D eigenvalue weighted by Gasteiger charge is -2.11. The fourth-order valence-corrected chi connectivity index (χ4v) is 2.09. The number of nitro groups is 1. The number of alkyl halides is 3.